The number of para-hydroxylation sites is 2. The van der Waals surface area contributed by atoms with Gasteiger partial charge in [-0.1, -0.05) is 56.2 Å². The molecule has 0 amide bonds. The lowest BCUT2D eigenvalue weighted by molar-refractivity contribution is -0.133. The van der Waals surface area contributed by atoms with Crippen LogP contribution in [0.2, 0.25) is 0 Å². The van der Waals surface area contributed by atoms with Crippen LogP contribution < -0.4 is 9.47 Å². The smallest absolute Gasteiger partial charge is 0.323 e. The highest BCUT2D eigenvalue weighted by Gasteiger charge is 2.35. The molecule has 0 aromatic heterocycles. The SMILES string of the molecule is CCCCCOc1ccccc1C1C(=O)Oc2ccccc21. The number of hydrogen-bond donors (Lipinski definition) is 0. The van der Waals surface area contributed by atoms with Crippen LogP contribution in [-0.4, -0.2) is 12.6 Å². The van der Waals surface area contributed by atoms with E-state index in [-0.39, 0.29) is 5.97 Å². The molecule has 2 aromatic rings. The van der Waals surface area contributed by atoms with E-state index < -0.39 is 5.92 Å². The van der Waals surface area contributed by atoms with Crippen molar-refractivity contribution in [3.63, 3.8) is 0 Å². The highest BCUT2D eigenvalue weighted by Crippen LogP contribution is 2.41. The first-order valence-corrected chi connectivity index (χ1v) is 7.83. The number of benzene rings is 2. The summed E-state index contributed by atoms with van der Waals surface area (Å²) < 4.78 is 11.3. The van der Waals surface area contributed by atoms with Crippen LogP contribution in [0.1, 0.15) is 43.2 Å². The third-order valence-corrected chi connectivity index (χ3v) is 3.91. The maximum atomic E-state index is 12.3. The predicted octanol–water partition coefficient (Wildman–Crippen LogP) is 4.31. The summed E-state index contributed by atoms with van der Waals surface area (Å²) in [6.07, 6.45) is 3.33. The molecule has 0 aliphatic carbocycles. The van der Waals surface area contributed by atoms with E-state index in [2.05, 4.69) is 6.92 Å². The van der Waals surface area contributed by atoms with Crippen LogP contribution in [0.15, 0.2) is 48.5 Å². The summed E-state index contributed by atoms with van der Waals surface area (Å²) in [4.78, 5) is 12.3. The molecule has 1 aliphatic heterocycles. The van der Waals surface area contributed by atoms with Crippen LogP contribution >= 0.6 is 0 Å². The minimum Gasteiger partial charge on any atom is -0.493 e. The molecule has 3 heteroatoms. The molecule has 0 radical (unpaired) electrons. The van der Waals surface area contributed by atoms with E-state index in [1.54, 1.807) is 0 Å². The lowest BCUT2D eigenvalue weighted by Crippen LogP contribution is -2.13. The van der Waals surface area contributed by atoms with Gasteiger partial charge in [-0.25, -0.2) is 0 Å². The molecule has 2 aromatic carbocycles. The van der Waals surface area contributed by atoms with E-state index in [0.29, 0.717) is 12.4 Å². The third-order valence-electron chi connectivity index (χ3n) is 3.91. The Morgan fingerprint density at radius 3 is 2.55 bits per heavy atom. The van der Waals surface area contributed by atoms with Crippen LogP contribution in [-0.2, 0) is 4.79 Å². The Morgan fingerprint density at radius 2 is 1.73 bits per heavy atom. The Morgan fingerprint density at radius 1 is 1.00 bits per heavy atom. The van der Waals surface area contributed by atoms with E-state index in [9.17, 15) is 4.79 Å². The summed E-state index contributed by atoms with van der Waals surface area (Å²) in [5.41, 5.74) is 1.80. The predicted molar refractivity (Wildman–Crippen MR) is 85.4 cm³/mol. The lowest BCUT2D eigenvalue weighted by Gasteiger charge is -2.14. The molecule has 1 unspecified atom stereocenters. The minimum absolute atomic E-state index is 0.231. The molecule has 3 nitrogen and oxygen atoms in total. The van der Waals surface area contributed by atoms with Crippen LogP contribution in [0.4, 0.5) is 0 Å². The van der Waals surface area contributed by atoms with E-state index in [0.717, 1.165) is 36.1 Å². The molecular formula is C19H20O3. The third kappa shape index (κ3) is 2.84. The first-order valence-electron chi connectivity index (χ1n) is 7.83. The Bertz CT molecular complexity index is 663. The van der Waals surface area contributed by atoms with Gasteiger partial charge in [-0.15, -0.1) is 0 Å². The van der Waals surface area contributed by atoms with Crippen molar-refractivity contribution in [3.05, 3.63) is 59.7 Å². The van der Waals surface area contributed by atoms with Gasteiger partial charge < -0.3 is 9.47 Å². The molecule has 22 heavy (non-hydrogen) atoms. The highest BCUT2D eigenvalue weighted by molar-refractivity contribution is 5.90. The summed E-state index contributed by atoms with van der Waals surface area (Å²) >= 11 is 0. The first kappa shape index (κ1) is 14.6. The first-order chi connectivity index (χ1) is 10.8. The molecule has 0 saturated carbocycles. The molecular weight excluding hydrogens is 276 g/mol. The zero-order valence-corrected chi connectivity index (χ0v) is 12.7. The number of carbonyl (C=O) groups excluding carboxylic acids is 1. The second kappa shape index (κ2) is 6.65. The van der Waals surface area contributed by atoms with Crippen molar-refractivity contribution >= 4 is 5.97 Å². The molecule has 0 fully saturated rings. The minimum atomic E-state index is -0.390. The summed E-state index contributed by atoms with van der Waals surface area (Å²) in [5, 5.41) is 0. The van der Waals surface area contributed by atoms with Crippen molar-refractivity contribution in [1.82, 2.24) is 0 Å². The highest BCUT2D eigenvalue weighted by atomic mass is 16.5. The molecule has 0 bridgehead atoms. The monoisotopic (exact) mass is 296 g/mol. The van der Waals surface area contributed by atoms with Crippen molar-refractivity contribution in [2.24, 2.45) is 0 Å². The molecule has 0 N–H and O–H groups in total. The largest absolute Gasteiger partial charge is 0.493 e. The van der Waals surface area contributed by atoms with Crippen LogP contribution in [0.25, 0.3) is 0 Å². The van der Waals surface area contributed by atoms with Crippen molar-refractivity contribution in [2.75, 3.05) is 6.61 Å². The summed E-state index contributed by atoms with van der Waals surface area (Å²) in [6.45, 7) is 2.84. The van der Waals surface area contributed by atoms with Gasteiger partial charge in [-0.2, -0.15) is 0 Å². The summed E-state index contributed by atoms with van der Waals surface area (Å²) in [7, 11) is 0. The maximum absolute atomic E-state index is 12.3. The van der Waals surface area contributed by atoms with Gasteiger partial charge in [0.15, 0.2) is 0 Å². The van der Waals surface area contributed by atoms with Crippen LogP contribution in [0.5, 0.6) is 11.5 Å². The molecule has 1 atom stereocenters. The second-order valence-corrected chi connectivity index (χ2v) is 5.49. The number of carbonyl (C=O) groups is 1. The van der Waals surface area contributed by atoms with Gasteiger partial charge in [-0.05, 0) is 18.6 Å². The fourth-order valence-corrected chi connectivity index (χ4v) is 2.79. The van der Waals surface area contributed by atoms with E-state index in [4.69, 9.17) is 9.47 Å². The maximum Gasteiger partial charge on any atom is 0.323 e. The number of ether oxygens (including phenoxy) is 2. The van der Waals surface area contributed by atoms with E-state index in [1.807, 2.05) is 48.5 Å². The van der Waals surface area contributed by atoms with Gasteiger partial charge in [0.05, 0.1) is 6.61 Å². The van der Waals surface area contributed by atoms with Crippen molar-refractivity contribution in [1.29, 1.82) is 0 Å². The fourth-order valence-electron chi connectivity index (χ4n) is 2.79. The molecule has 1 heterocycles. The second-order valence-electron chi connectivity index (χ2n) is 5.49. The van der Waals surface area contributed by atoms with Crippen LogP contribution in [0, 0.1) is 0 Å². The van der Waals surface area contributed by atoms with Gasteiger partial charge in [0, 0.05) is 11.1 Å². The van der Waals surface area contributed by atoms with Crippen molar-refractivity contribution < 1.29 is 14.3 Å². The molecule has 1 aliphatic rings. The Balaban J connectivity index is 1.87. The zero-order chi connectivity index (χ0) is 15.4. The number of unbranched alkanes of at least 4 members (excludes halogenated alkanes) is 2. The van der Waals surface area contributed by atoms with Gasteiger partial charge in [-0.3, -0.25) is 4.79 Å². The number of hydrogen-bond acceptors (Lipinski definition) is 3. The van der Waals surface area contributed by atoms with Gasteiger partial charge in [0.1, 0.15) is 17.4 Å². The number of rotatable bonds is 6. The Hall–Kier alpha value is -2.29. The quantitative estimate of drug-likeness (QED) is 0.453. The standard InChI is InChI=1S/C19H20O3/c1-2-3-8-13-21-16-11-6-4-9-14(16)18-15-10-5-7-12-17(15)22-19(18)20/h4-7,9-12,18H,2-3,8,13H2,1H3. The summed E-state index contributed by atoms with van der Waals surface area (Å²) in [5.74, 6) is 0.805. The normalized spacial score (nSPS) is 16.2. The molecule has 0 saturated heterocycles. The fraction of sp³-hybridized carbons (Fsp3) is 0.316. The van der Waals surface area contributed by atoms with Crippen molar-refractivity contribution in [2.45, 2.75) is 32.1 Å². The van der Waals surface area contributed by atoms with Crippen molar-refractivity contribution in [3.8, 4) is 11.5 Å². The number of esters is 1. The molecule has 0 spiro atoms. The Labute approximate surface area is 130 Å². The van der Waals surface area contributed by atoms with E-state index >= 15 is 0 Å². The van der Waals surface area contributed by atoms with Gasteiger partial charge >= 0.3 is 5.97 Å². The van der Waals surface area contributed by atoms with Crippen LogP contribution in [0.3, 0.4) is 0 Å². The van der Waals surface area contributed by atoms with Gasteiger partial charge in [0.25, 0.3) is 0 Å². The average Bonchev–Trinajstić information content (AvgIpc) is 2.88. The molecule has 3 rings (SSSR count). The zero-order valence-electron chi connectivity index (χ0n) is 12.7. The molecule has 114 valence electrons. The summed E-state index contributed by atoms with van der Waals surface area (Å²) in [6, 6.07) is 15.3. The Kier molecular flexibility index (Phi) is 4.42. The average molecular weight is 296 g/mol. The topological polar surface area (TPSA) is 35.5 Å². The lowest BCUT2D eigenvalue weighted by atomic mass is 9.92. The van der Waals surface area contributed by atoms with E-state index in [1.165, 1.54) is 0 Å². The number of fused-ring (bicyclic) bond motifs is 1. The van der Waals surface area contributed by atoms with Gasteiger partial charge in [0.2, 0.25) is 0 Å².